The van der Waals surface area contributed by atoms with Crippen molar-refractivity contribution < 1.29 is 13.9 Å². The van der Waals surface area contributed by atoms with Gasteiger partial charge in [0.15, 0.2) is 0 Å². The number of hydrogen-bond acceptors (Lipinski definition) is 4. The molecule has 1 aromatic rings. The van der Waals surface area contributed by atoms with Crippen molar-refractivity contribution in [3.63, 3.8) is 0 Å². The fourth-order valence-electron chi connectivity index (χ4n) is 2.86. The van der Waals surface area contributed by atoms with Gasteiger partial charge in [0.2, 0.25) is 5.91 Å². The number of carbonyl (C=O) groups excluding carboxylic acids is 1. The van der Waals surface area contributed by atoms with Crippen LogP contribution < -0.4 is 5.32 Å². The zero-order valence-electron chi connectivity index (χ0n) is 13.7. The Kier molecular flexibility index (Phi) is 6.93. The van der Waals surface area contributed by atoms with Crippen LogP contribution in [0, 0.1) is 5.92 Å². The summed E-state index contributed by atoms with van der Waals surface area (Å²) in [6.07, 6.45) is 3.87. The first-order valence-electron chi connectivity index (χ1n) is 8.26. The molecule has 22 heavy (non-hydrogen) atoms. The Bertz CT molecular complexity index is 425. The predicted octanol–water partition coefficient (Wildman–Crippen LogP) is 2.08. The Morgan fingerprint density at radius 2 is 2.14 bits per heavy atom. The van der Waals surface area contributed by atoms with E-state index in [1.807, 2.05) is 12.1 Å². The van der Waals surface area contributed by atoms with Crippen LogP contribution in [0.5, 0.6) is 0 Å². The first-order valence-corrected chi connectivity index (χ1v) is 8.26. The van der Waals surface area contributed by atoms with Crippen LogP contribution in [0.1, 0.15) is 32.4 Å². The lowest BCUT2D eigenvalue weighted by Gasteiger charge is -2.35. The number of carbonyl (C=O) groups is 1. The number of nitrogens with zero attached hydrogens (tertiary/aromatic N) is 1. The SMILES string of the molecule is CC(C)CC(CNC(=O)CCc1ccco1)N1CCOCC1. The molecule has 2 rings (SSSR count). The standard InChI is InChI=1S/C17H28N2O3/c1-14(2)12-15(19-7-10-21-11-8-19)13-18-17(20)6-5-16-4-3-9-22-16/h3-4,9,14-15H,5-8,10-13H2,1-2H3,(H,18,20). The predicted molar refractivity (Wildman–Crippen MR) is 85.7 cm³/mol. The molecule has 0 aliphatic carbocycles. The van der Waals surface area contributed by atoms with Crippen LogP contribution in [-0.4, -0.2) is 49.7 Å². The van der Waals surface area contributed by atoms with Gasteiger partial charge in [-0.3, -0.25) is 9.69 Å². The lowest BCUT2D eigenvalue weighted by molar-refractivity contribution is -0.121. The number of nitrogens with one attached hydrogen (secondary N) is 1. The molecule has 0 radical (unpaired) electrons. The smallest absolute Gasteiger partial charge is 0.220 e. The molecule has 2 heterocycles. The summed E-state index contributed by atoms with van der Waals surface area (Å²) < 4.78 is 10.7. The van der Waals surface area contributed by atoms with Gasteiger partial charge in [0, 0.05) is 38.5 Å². The molecule has 1 unspecified atom stereocenters. The van der Waals surface area contributed by atoms with E-state index < -0.39 is 0 Å². The number of ether oxygens (including phenoxy) is 1. The van der Waals surface area contributed by atoms with Gasteiger partial charge in [0.05, 0.1) is 19.5 Å². The van der Waals surface area contributed by atoms with E-state index in [9.17, 15) is 4.79 Å². The summed E-state index contributed by atoms with van der Waals surface area (Å²) in [5.41, 5.74) is 0. The molecule has 1 saturated heterocycles. The topological polar surface area (TPSA) is 54.7 Å². The molecule has 0 saturated carbocycles. The van der Waals surface area contributed by atoms with Gasteiger partial charge < -0.3 is 14.5 Å². The fourth-order valence-corrected chi connectivity index (χ4v) is 2.86. The van der Waals surface area contributed by atoms with Crippen molar-refractivity contribution in [3.05, 3.63) is 24.2 Å². The summed E-state index contributed by atoms with van der Waals surface area (Å²) in [4.78, 5) is 14.5. The van der Waals surface area contributed by atoms with Crippen molar-refractivity contribution in [2.24, 2.45) is 5.92 Å². The average molecular weight is 308 g/mol. The summed E-state index contributed by atoms with van der Waals surface area (Å²) in [6, 6.07) is 4.16. The highest BCUT2D eigenvalue weighted by atomic mass is 16.5. The van der Waals surface area contributed by atoms with Gasteiger partial charge >= 0.3 is 0 Å². The first kappa shape index (κ1) is 17.0. The molecule has 1 aliphatic rings. The summed E-state index contributed by atoms with van der Waals surface area (Å²) in [6.45, 7) is 8.68. The monoisotopic (exact) mass is 308 g/mol. The molecule has 0 bridgehead atoms. The van der Waals surface area contributed by atoms with Crippen LogP contribution in [0.2, 0.25) is 0 Å². The molecule has 1 fully saturated rings. The first-order chi connectivity index (χ1) is 10.6. The summed E-state index contributed by atoms with van der Waals surface area (Å²) in [7, 11) is 0. The summed E-state index contributed by atoms with van der Waals surface area (Å²) >= 11 is 0. The highest BCUT2D eigenvalue weighted by Gasteiger charge is 2.22. The van der Waals surface area contributed by atoms with Crippen molar-refractivity contribution >= 4 is 5.91 Å². The second-order valence-electron chi connectivity index (χ2n) is 6.32. The van der Waals surface area contributed by atoms with Gasteiger partial charge in [-0.15, -0.1) is 0 Å². The highest BCUT2D eigenvalue weighted by Crippen LogP contribution is 2.13. The van der Waals surface area contributed by atoms with Crippen molar-refractivity contribution in [2.45, 2.75) is 39.2 Å². The third-order valence-corrected chi connectivity index (χ3v) is 4.02. The zero-order valence-corrected chi connectivity index (χ0v) is 13.7. The number of furan rings is 1. The van der Waals surface area contributed by atoms with Crippen LogP contribution in [-0.2, 0) is 16.0 Å². The van der Waals surface area contributed by atoms with Crippen LogP contribution in [0.4, 0.5) is 0 Å². The van der Waals surface area contributed by atoms with Gasteiger partial charge in [0.25, 0.3) is 0 Å². The third-order valence-electron chi connectivity index (χ3n) is 4.02. The molecule has 0 aromatic carbocycles. The Balaban J connectivity index is 1.75. The molecule has 0 spiro atoms. The molecule has 5 heteroatoms. The van der Waals surface area contributed by atoms with E-state index in [4.69, 9.17) is 9.15 Å². The van der Waals surface area contributed by atoms with E-state index in [2.05, 4.69) is 24.1 Å². The molecular formula is C17H28N2O3. The normalized spacial score (nSPS) is 17.6. The third kappa shape index (κ3) is 5.81. The Morgan fingerprint density at radius 3 is 2.77 bits per heavy atom. The van der Waals surface area contributed by atoms with Gasteiger partial charge in [0.1, 0.15) is 5.76 Å². The van der Waals surface area contributed by atoms with E-state index in [1.54, 1.807) is 6.26 Å². The quantitative estimate of drug-likeness (QED) is 0.799. The maximum absolute atomic E-state index is 12.0. The molecule has 1 aliphatic heterocycles. The van der Waals surface area contributed by atoms with E-state index in [-0.39, 0.29) is 5.91 Å². The van der Waals surface area contributed by atoms with Gasteiger partial charge in [-0.2, -0.15) is 0 Å². The molecule has 5 nitrogen and oxygen atoms in total. The number of hydrogen-bond donors (Lipinski definition) is 1. The van der Waals surface area contributed by atoms with Gasteiger partial charge in [-0.05, 0) is 24.5 Å². The zero-order chi connectivity index (χ0) is 15.8. The molecule has 1 amide bonds. The van der Waals surface area contributed by atoms with Crippen LogP contribution >= 0.6 is 0 Å². The average Bonchev–Trinajstić information content (AvgIpc) is 3.03. The van der Waals surface area contributed by atoms with E-state index in [1.165, 1.54) is 0 Å². The molecule has 1 N–H and O–H groups in total. The van der Waals surface area contributed by atoms with Crippen molar-refractivity contribution in [1.82, 2.24) is 10.2 Å². The molecule has 1 atom stereocenters. The molecule has 1 aromatic heterocycles. The minimum atomic E-state index is 0.0958. The van der Waals surface area contributed by atoms with Crippen molar-refractivity contribution in [1.29, 1.82) is 0 Å². The van der Waals surface area contributed by atoms with Gasteiger partial charge in [-0.1, -0.05) is 13.8 Å². The number of aryl methyl sites for hydroxylation is 1. The lowest BCUT2D eigenvalue weighted by Crippen LogP contribution is -2.49. The maximum atomic E-state index is 12.0. The van der Waals surface area contributed by atoms with Crippen LogP contribution in [0.25, 0.3) is 0 Å². The second kappa shape index (κ2) is 8.96. The fraction of sp³-hybridized carbons (Fsp3) is 0.706. The lowest BCUT2D eigenvalue weighted by atomic mass is 10.0. The van der Waals surface area contributed by atoms with E-state index >= 15 is 0 Å². The Labute approximate surface area is 133 Å². The second-order valence-corrected chi connectivity index (χ2v) is 6.32. The number of rotatable bonds is 8. The van der Waals surface area contributed by atoms with Crippen LogP contribution in [0.3, 0.4) is 0 Å². The highest BCUT2D eigenvalue weighted by molar-refractivity contribution is 5.76. The minimum absolute atomic E-state index is 0.0958. The number of amides is 1. The largest absolute Gasteiger partial charge is 0.469 e. The Hall–Kier alpha value is -1.33. The van der Waals surface area contributed by atoms with Crippen LogP contribution in [0.15, 0.2) is 22.8 Å². The maximum Gasteiger partial charge on any atom is 0.220 e. The Morgan fingerprint density at radius 1 is 1.36 bits per heavy atom. The van der Waals surface area contributed by atoms with Gasteiger partial charge in [-0.25, -0.2) is 0 Å². The van der Waals surface area contributed by atoms with E-state index in [0.717, 1.165) is 45.0 Å². The number of morpholine rings is 1. The van der Waals surface area contributed by atoms with Crippen molar-refractivity contribution in [3.8, 4) is 0 Å². The minimum Gasteiger partial charge on any atom is -0.469 e. The van der Waals surface area contributed by atoms with E-state index in [0.29, 0.717) is 24.8 Å². The summed E-state index contributed by atoms with van der Waals surface area (Å²) in [5.74, 6) is 1.58. The molecular weight excluding hydrogens is 280 g/mol. The summed E-state index contributed by atoms with van der Waals surface area (Å²) in [5, 5.41) is 3.08. The van der Waals surface area contributed by atoms with Crippen molar-refractivity contribution in [2.75, 3.05) is 32.8 Å². The molecule has 124 valence electrons.